The number of nitro benzene ring substituents is 1. The van der Waals surface area contributed by atoms with Crippen LogP contribution < -0.4 is 10.6 Å². The Labute approximate surface area is 151 Å². The molecule has 0 saturated carbocycles. The summed E-state index contributed by atoms with van der Waals surface area (Å²) in [6.45, 7) is 3.93. The zero-order valence-electron chi connectivity index (χ0n) is 14.7. The SMILES string of the molecule is CCC(C)NC(=O)Cc1cccc(NC(=O)c2cccc([N+](=O)[O-])c2)c1. The summed E-state index contributed by atoms with van der Waals surface area (Å²) in [7, 11) is 0. The van der Waals surface area contributed by atoms with E-state index in [4.69, 9.17) is 0 Å². The molecule has 0 aromatic heterocycles. The molecule has 0 radical (unpaired) electrons. The number of carbonyl (C=O) groups excluding carboxylic acids is 2. The Hall–Kier alpha value is -3.22. The molecule has 2 N–H and O–H groups in total. The maximum absolute atomic E-state index is 12.3. The number of benzene rings is 2. The van der Waals surface area contributed by atoms with E-state index in [0.717, 1.165) is 12.0 Å². The number of anilines is 1. The molecule has 26 heavy (non-hydrogen) atoms. The minimum atomic E-state index is -0.548. The highest BCUT2D eigenvalue weighted by Crippen LogP contribution is 2.16. The van der Waals surface area contributed by atoms with Gasteiger partial charge in [0.2, 0.25) is 5.91 Å². The number of nitrogens with zero attached hydrogens (tertiary/aromatic N) is 1. The van der Waals surface area contributed by atoms with Crippen LogP contribution in [0.5, 0.6) is 0 Å². The van der Waals surface area contributed by atoms with Crippen molar-refractivity contribution in [1.29, 1.82) is 0 Å². The van der Waals surface area contributed by atoms with E-state index in [0.29, 0.717) is 5.69 Å². The molecule has 2 amide bonds. The second-order valence-corrected chi connectivity index (χ2v) is 6.02. The molecule has 1 atom stereocenters. The molecular formula is C19H21N3O4. The van der Waals surface area contributed by atoms with Gasteiger partial charge in [-0.2, -0.15) is 0 Å². The fraction of sp³-hybridized carbons (Fsp3) is 0.263. The monoisotopic (exact) mass is 355 g/mol. The van der Waals surface area contributed by atoms with E-state index in [9.17, 15) is 19.7 Å². The summed E-state index contributed by atoms with van der Waals surface area (Å²) in [6, 6.07) is 12.6. The van der Waals surface area contributed by atoms with Gasteiger partial charge >= 0.3 is 0 Å². The van der Waals surface area contributed by atoms with Crippen LogP contribution in [0.3, 0.4) is 0 Å². The van der Waals surface area contributed by atoms with Gasteiger partial charge in [0.1, 0.15) is 0 Å². The Morgan fingerprint density at radius 3 is 2.58 bits per heavy atom. The van der Waals surface area contributed by atoms with E-state index in [-0.39, 0.29) is 29.6 Å². The Kier molecular flexibility index (Phi) is 6.43. The molecule has 7 nitrogen and oxygen atoms in total. The molecule has 1 unspecified atom stereocenters. The number of hydrogen-bond donors (Lipinski definition) is 2. The van der Waals surface area contributed by atoms with Crippen molar-refractivity contribution < 1.29 is 14.5 Å². The van der Waals surface area contributed by atoms with E-state index < -0.39 is 10.8 Å². The van der Waals surface area contributed by atoms with E-state index in [1.54, 1.807) is 24.3 Å². The zero-order chi connectivity index (χ0) is 19.1. The maximum Gasteiger partial charge on any atom is 0.270 e. The van der Waals surface area contributed by atoms with Gasteiger partial charge in [-0.05, 0) is 37.1 Å². The van der Waals surface area contributed by atoms with Gasteiger partial charge < -0.3 is 10.6 Å². The summed E-state index contributed by atoms with van der Waals surface area (Å²) in [5.41, 5.74) is 1.34. The van der Waals surface area contributed by atoms with Gasteiger partial charge in [0.15, 0.2) is 0 Å². The lowest BCUT2D eigenvalue weighted by Crippen LogP contribution is -2.33. The second-order valence-electron chi connectivity index (χ2n) is 6.02. The molecule has 0 aliphatic carbocycles. The van der Waals surface area contributed by atoms with Crippen molar-refractivity contribution >= 4 is 23.2 Å². The molecule has 2 aromatic carbocycles. The normalized spacial score (nSPS) is 11.5. The molecule has 0 aliphatic heterocycles. The van der Waals surface area contributed by atoms with Crippen molar-refractivity contribution in [3.8, 4) is 0 Å². The maximum atomic E-state index is 12.3. The molecule has 0 spiro atoms. The summed E-state index contributed by atoms with van der Waals surface area (Å²) in [5.74, 6) is -0.531. The fourth-order valence-electron chi connectivity index (χ4n) is 2.34. The average Bonchev–Trinajstić information content (AvgIpc) is 2.61. The number of hydrogen-bond acceptors (Lipinski definition) is 4. The summed E-state index contributed by atoms with van der Waals surface area (Å²) in [4.78, 5) is 34.5. The number of carbonyl (C=O) groups is 2. The number of rotatable bonds is 7. The van der Waals surface area contributed by atoms with Gasteiger partial charge in [-0.15, -0.1) is 0 Å². The largest absolute Gasteiger partial charge is 0.353 e. The van der Waals surface area contributed by atoms with Gasteiger partial charge in [0.25, 0.3) is 11.6 Å². The second kappa shape index (κ2) is 8.75. The third kappa shape index (κ3) is 5.41. The number of amides is 2. The van der Waals surface area contributed by atoms with Gasteiger partial charge in [0, 0.05) is 29.4 Å². The van der Waals surface area contributed by atoms with Crippen LogP contribution in [-0.2, 0) is 11.2 Å². The first-order valence-electron chi connectivity index (χ1n) is 8.33. The van der Waals surface area contributed by atoms with Crippen molar-refractivity contribution in [2.75, 3.05) is 5.32 Å². The predicted octanol–water partition coefficient (Wildman–Crippen LogP) is 3.30. The van der Waals surface area contributed by atoms with E-state index in [1.807, 2.05) is 13.8 Å². The van der Waals surface area contributed by atoms with Crippen LogP contribution in [0.1, 0.15) is 36.2 Å². The third-order valence-electron chi connectivity index (χ3n) is 3.89. The molecule has 0 aliphatic rings. The Morgan fingerprint density at radius 1 is 1.15 bits per heavy atom. The van der Waals surface area contributed by atoms with Gasteiger partial charge in [0.05, 0.1) is 11.3 Å². The fourth-order valence-corrected chi connectivity index (χ4v) is 2.34. The van der Waals surface area contributed by atoms with Crippen molar-refractivity contribution in [2.45, 2.75) is 32.7 Å². The van der Waals surface area contributed by atoms with Crippen LogP contribution in [0, 0.1) is 10.1 Å². The van der Waals surface area contributed by atoms with E-state index >= 15 is 0 Å². The molecule has 136 valence electrons. The first-order chi connectivity index (χ1) is 12.4. The smallest absolute Gasteiger partial charge is 0.270 e. The van der Waals surface area contributed by atoms with Gasteiger partial charge in [-0.1, -0.05) is 25.1 Å². The minimum Gasteiger partial charge on any atom is -0.353 e. The van der Waals surface area contributed by atoms with Crippen molar-refractivity contribution in [3.63, 3.8) is 0 Å². The lowest BCUT2D eigenvalue weighted by atomic mass is 10.1. The molecule has 0 heterocycles. The third-order valence-corrected chi connectivity index (χ3v) is 3.89. The molecular weight excluding hydrogens is 334 g/mol. The number of nitrogens with one attached hydrogen (secondary N) is 2. The summed E-state index contributed by atoms with van der Waals surface area (Å²) in [5, 5.41) is 16.4. The first-order valence-corrected chi connectivity index (χ1v) is 8.33. The molecule has 0 saturated heterocycles. The van der Waals surface area contributed by atoms with Crippen LogP contribution >= 0.6 is 0 Å². The summed E-state index contributed by atoms with van der Waals surface area (Å²) < 4.78 is 0. The van der Waals surface area contributed by atoms with E-state index in [1.165, 1.54) is 24.3 Å². The Morgan fingerprint density at radius 2 is 1.88 bits per heavy atom. The zero-order valence-corrected chi connectivity index (χ0v) is 14.7. The number of nitro groups is 1. The van der Waals surface area contributed by atoms with Crippen LogP contribution in [0.25, 0.3) is 0 Å². The van der Waals surface area contributed by atoms with Gasteiger partial charge in [-0.3, -0.25) is 19.7 Å². The van der Waals surface area contributed by atoms with Crippen molar-refractivity contribution in [3.05, 3.63) is 69.8 Å². The highest BCUT2D eigenvalue weighted by Gasteiger charge is 2.12. The van der Waals surface area contributed by atoms with Crippen LogP contribution in [0.15, 0.2) is 48.5 Å². The van der Waals surface area contributed by atoms with Crippen LogP contribution in [0.2, 0.25) is 0 Å². The highest BCUT2D eigenvalue weighted by atomic mass is 16.6. The lowest BCUT2D eigenvalue weighted by molar-refractivity contribution is -0.384. The molecule has 7 heteroatoms. The molecule has 2 aromatic rings. The molecule has 0 fully saturated rings. The van der Waals surface area contributed by atoms with Gasteiger partial charge in [-0.25, -0.2) is 0 Å². The van der Waals surface area contributed by atoms with E-state index in [2.05, 4.69) is 10.6 Å². The topological polar surface area (TPSA) is 101 Å². The summed E-state index contributed by atoms with van der Waals surface area (Å²) in [6.07, 6.45) is 1.07. The standard InChI is InChI=1S/C19H21N3O4/c1-3-13(2)20-18(23)11-14-6-4-8-16(10-14)21-19(24)15-7-5-9-17(12-15)22(25)26/h4-10,12-13H,3,11H2,1-2H3,(H,20,23)(H,21,24). The quantitative estimate of drug-likeness (QED) is 0.587. The Bertz CT molecular complexity index is 820. The van der Waals surface area contributed by atoms with Crippen LogP contribution in [-0.4, -0.2) is 22.8 Å². The van der Waals surface area contributed by atoms with Crippen molar-refractivity contribution in [1.82, 2.24) is 5.32 Å². The molecule has 2 rings (SSSR count). The average molecular weight is 355 g/mol. The summed E-state index contributed by atoms with van der Waals surface area (Å²) >= 11 is 0. The number of non-ortho nitro benzene ring substituents is 1. The first kappa shape index (κ1) is 19.1. The lowest BCUT2D eigenvalue weighted by Gasteiger charge is -2.12. The van der Waals surface area contributed by atoms with Crippen molar-refractivity contribution in [2.24, 2.45) is 0 Å². The molecule has 0 bridgehead atoms. The Balaban J connectivity index is 2.06. The predicted molar refractivity (Wildman–Crippen MR) is 99.1 cm³/mol. The van der Waals surface area contributed by atoms with Crippen LogP contribution in [0.4, 0.5) is 11.4 Å². The minimum absolute atomic E-state index is 0.0819. The highest BCUT2D eigenvalue weighted by molar-refractivity contribution is 6.04.